The van der Waals surface area contributed by atoms with Crippen molar-refractivity contribution < 1.29 is 27.4 Å². The minimum atomic E-state index is -4.88. The molecule has 0 aromatic heterocycles. The van der Waals surface area contributed by atoms with Crippen LogP contribution in [0.2, 0.25) is 0 Å². The molecule has 0 saturated carbocycles. The van der Waals surface area contributed by atoms with Gasteiger partial charge in [-0.25, -0.2) is 0 Å². The number of halogens is 5. The Morgan fingerprint density at radius 1 is 1.10 bits per heavy atom. The second-order valence-corrected chi connectivity index (χ2v) is 6.02. The highest BCUT2D eigenvalue weighted by molar-refractivity contribution is 6.49. The Morgan fingerprint density at radius 2 is 1.52 bits per heavy atom. The molecule has 0 aliphatic rings. The zero-order chi connectivity index (χ0) is 16.9. The van der Waals surface area contributed by atoms with Gasteiger partial charge in [-0.05, 0) is 27.7 Å². The first kappa shape index (κ1) is 21.0. The van der Waals surface area contributed by atoms with Crippen LogP contribution in [-0.4, -0.2) is 35.8 Å². The smallest absolute Gasteiger partial charge is 0.328 e. The van der Waals surface area contributed by atoms with Gasteiger partial charge in [0.15, 0.2) is 0 Å². The van der Waals surface area contributed by atoms with Crippen molar-refractivity contribution in [3.05, 3.63) is 11.6 Å². The van der Waals surface area contributed by atoms with Gasteiger partial charge >= 0.3 is 6.18 Å². The van der Waals surface area contributed by atoms with Crippen LogP contribution in [0.1, 0.15) is 34.6 Å². The fourth-order valence-corrected chi connectivity index (χ4v) is 1.76. The summed E-state index contributed by atoms with van der Waals surface area (Å²) in [6.45, 7) is 8.27. The third-order valence-corrected chi connectivity index (χ3v) is 3.23. The van der Waals surface area contributed by atoms with Gasteiger partial charge in [0, 0.05) is 20.1 Å². The lowest BCUT2D eigenvalue weighted by molar-refractivity contribution is -0.381. The molecule has 3 nitrogen and oxygen atoms in total. The van der Waals surface area contributed by atoms with E-state index in [-0.39, 0.29) is 13.2 Å². The monoisotopic (exact) mass is 352 g/mol. The van der Waals surface area contributed by atoms with Gasteiger partial charge in [0.25, 0.3) is 5.97 Å². The molecule has 0 spiro atoms. The van der Waals surface area contributed by atoms with E-state index in [2.05, 4.69) is 0 Å². The van der Waals surface area contributed by atoms with Crippen molar-refractivity contribution in [1.29, 1.82) is 0 Å². The van der Waals surface area contributed by atoms with Crippen molar-refractivity contribution in [3.63, 3.8) is 0 Å². The van der Waals surface area contributed by atoms with Crippen LogP contribution in [0.3, 0.4) is 0 Å². The SMILES string of the molecule is CCOC(C)(OCC)OC(C=C(C)C)C(Cl)(Cl)C(F)(F)F. The van der Waals surface area contributed by atoms with Crippen molar-refractivity contribution in [1.82, 2.24) is 0 Å². The molecule has 1 unspecified atom stereocenters. The van der Waals surface area contributed by atoms with Gasteiger partial charge in [0.2, 0.25) is 4.33 Å². The molecule has 0 bridgehead atoms. The van der Waals surface area contributed by atoms with Crippen LogP contribution in [-0.2, 0) is 14.2 Å². The van der Waals surface area contributed by atoms with Crippen LogP contribution in [0.4, 0.5) is 13.2 Å². The van der Waals surface area contributed by atoms with Crippen LogP contribution >= 0.6 is 23.2 Å². The molecule has 0 N–H and O–H groups in total. The van der Waals surface area contributed by atoms with E-state index in [1.807, 2.05) is 0 Å². The molecule has 21 heavy (non-hydrogen) atoms. The van der Waals surface area contributed by atoms with Crippen LogP contribution in [0.5, 0.6) is 0 Å². The topological polar surface area (TPSA) is 27.7 Å². The van der Waals surface area contributed by atoms with E-state index >= 15 is 0 Å². The van der Waals surface area contributed by atoms with E-state index in [0.29, 0.717) is 5.57 Å². The Hall–Kier alpha value is -0.0100. The Labute approximate surface area is 133 Å². The number of hydrogen-bond donors (Lipinski definition) is 0. The van der Waals surface area contributed by atoms with Gasteiger partial charge in [0.05, 0.1) is 0 Å². The van der Waals surface area contributed by atoms with Crippen LogP contribution < -0.4 is 0 Å². The van der Waals surface area contributed by atoms with Gasteiger partial charge in [-0.1, -0.05) is 34.9 Å². The molecule has 0 fully saturated rings. The minimum absolute atomic E-state index is 0.182. The number of alkyl halides is 5. The molecule has 0 saturated heterocycles. The Balaban J connectivity index is 5.49. The van der Waals surface area contributed by atoms with Crippen molar-refractivity contribution >= 4 is 23.2 Å². The maximum Gasteiger partial charge on any atom is 0.424 e. The second kappa shape index (κ2) is 8.02. The van der Waals surface area contributed by atoms with E-state index in [9.17, 15) is 13.2 Å². The zero-order valence-corrected chi connectivity index (χ0v) is 14.2. The average Bonchev–Trinajstić information content (AvgIpc) is 2.26. The molecule has 8 heteroatoms. The predicted octanol–water partition coefficient (Wildman–Crippen LogP) is 4.82. The molecule has 0 aromatic rings. The summed E-state index contributed by atoms with van der Waals surface area (Å²) < 4.78 is 51.7. The van der Waals surface area contributed by atoms with Crippen LogP contribution in [0, 0.1) is 0 Å². The number of hydrogen-bond acceptors (Lipinski definition) is 3. The number of rotatable bonds is 8. The number of allylic oxidation sites excluding steroid dienone is 1. The van der Waals surface area contributed by atoms with Crippen molar-refractivity contribution in [3.8, 4) is 0 Å². The molecular formula is C13H21Cl2F3O3. The highest BCUT2D eigenvalue weighted by Crippen LogP contribution is 2.45. The maximum atomic E-state index is 13.0. The van der Waals surface area contributed by atoms with E-state index < -0.39 is 22.6 Å². The van der Waals surface area contributed by atoms with E-state index in [1.165, 1.54) is 13.0 Å². The normalized spacial score (nSPS) is 15.0. The first-order chi connectivity index (χ1) is 9.39. The molecule has 0 heterocycles. The van der Waals surface area contributed by atoms with Gasteiger partial charge in [-0.2, -0.15) is 13.2 Å². The van der Waals surface area contributed by atoms with E-state index in [4.69, 9.17) is 37.4 Å². The highest BCUT2D eigenvalue weighted by Gasteiger charge is 2.59. The van der Waals surface area contributed by atoms with E-state index in [1.54, 1.807) is 27.7 Å². The van der Waals surface area contributed by atoms with Crippen molar-refractivity contribution in [2.45, 2.75) is 57.2 Å². The molecule has 0 aliphatic heterocycles. The van der Waals surface area contributed by atoms with Gasteiger partial charge in [-0.3, -0.25) is 0 Å². The van der Waals surface area contributed by atoms with Gasteiger partial charge in [-0.15, -0.1) is 0 Å². The fourth-order valence-electron chi connectivity index (χ4n) is 1.54. The van der Waals surface area contributed by atoms with Gasteiger partial charge < -0.3 is 14.2 Å². The highest BCUT2D eigenvalue weighted by atomic mass is 35.5. The standard InChI is InChI=1S/C13H21Cl2F3O3/c1-6-19-11(5,20-7-2)21-10(8-9(3)4)12(14,15)13(16,17)18/h8,10H,6-7H2,1-5H3. The molecule has 126 valence electrons. The lowest BCUT2D eigenvalue weighted by Gasteiger charge is -2.37. The Morgan fingerprint density at radius 3 is 1.81 bits per heavy atom. The number of ether oxygens (including phenoxy) is 3. The molecule has 0 amide bonds. The summed E-state index contributed by atoms with van der Waals surface area (Å²) in [7, 11) is 0. The predicted molar refractivity (Wildman–Crippen MR) is 76.5 cm³/mol. The first-order valence-electron chi connectivity index (χ1n) is 6.45. The zero-order valence-electron chi connectivity index (χ0n) is 12.7. The molecular weight excluding hydrogens is 332 g/mol. The van der Waals surface area contributed by atoms with E-state index in [0.717, 1.165) is 0 Å². The summed E-state index contributed by atoms with van der Waals surface area (Å²) >= 11 is 11.0. The minimum Gasteiger partial charge on any atom is -0.328 e. The summed E-state index contributed by atoms with van der Waals surface area (Å²) in [5, 5.41) is 0. The Kier molecular flexibility index (Phi) is 8.01. The van der Waals surface area contributed by atoms with Crippen molar-refractivity contribution in [2.75, 3.05) is 13.2 Å². The molecule has 0 radical (unpaired) electrons. The van der Waals surface area contributed by atoms with Crippen LogP contribution in [0.25, 0.3) is 0 Å². The first-order valence-corrected chi connectivity index (χ1v) is 7.20. The quantitative estimate of drug-likeness (QED) is 0.356. The fraction of sp³-hybridized carbons (Fsp3) is 0.846. The summed E-state index contributed by atoms with van der Waals surface area (Å²) in [6, 6.07) is 0. The largest absolute Gasteiger partial charge is 0.424 e. The maximum absolute atomic E-state index is 13.0. The third-order valence-electron chi connectivity index (χ3n) is 2.37. The summed E-state index contributed by atoms with van der Waals surface area (Å²) in [6.07, 6.45) is -5.38. The third kappa shape index (κ3) is 6.32. The summed E-state index contributed by atoms with van der Waals surface area (Å²) in [5.41, 5.74) is 0.560. The van der Waals surface area contributed by atoms with Crippen LogP contribution in [0.15, 0.2) is 11.6 Å². The lowest BCUT2D eigenvalue weighted by Crippen LogP contribution is -2.51. The van der Waals surface area contributed by atoms with Gasteiger partial charge in [0.1, 0.15) is 6.10 Å². The molecule has 0 rings (SSSR count). The molecule has 0 aliphatic carbocycles. The molecule has 0 aromatic carbocycles. The van der Waals surface area contributed by atoms with Crippen molar-refractivity contribution in [2.24, 2.45) is 0 Å². The average molecular weight is 353 g/mol. The lowest BCUT2D eigenvalue weighted by atomic mass is 10.1. The summed E-state index contributed by atoms with van der Waals surface area (Å²) in [5.74, 6) is -1.68. The summed E-state index contributed by atoms with van der Waals surface area (Å²) in [4.78, 5) is 0. The Bertz CT molecular complexity index is 347. The second-order valence-electron chi connectivity index (χ2n) is 4.63. The molecule has 1 atom stereocenters.